The third-order valence-corrected chi connectivity index (χ3v) is 4.73. The van der Waals surface area contributed by atoms with Crippen molar-refractivity contribution in [2.24, 2.45) is 0 Å². The zero-order valence-corrected chi connectivity index (χ0v) is 13.6. The van der Waals surface area contributed by atoms with E-state index in [2.05, 4.69) is 27.4 Å². The molecule has 0 aromatic heterocycles. The summed E-state index contributed by atoms with van der Waals surface area (Å²) < 4.78 is 0. The van der Waals surface area contributed by atoms with Gasteiger partial charge in [0.25, 0.3) is 0 Å². The highest BCUT2D eigenvalue weighted by atomic mass is 16.2. The van der Waals surface area contributed by atoms with Gasteiger partial charge in [0.1, 0.15) is 0 Å². The third-order valence-electron chi connectivity index (χ3n) is 4.73. The minimum absolute atomic E-state index is 0.0299. The van der Waals surface area contributed by atoms with Gasteiger partial charge in [-0.2, -0.15) is 0 Å². The highest BCUT2D eigenvalue weighted by Gasteiger charge is 2.21. The van der Waals surface area contributed by atoms with E-state index in [1.165, 1.54) is 25.7 Å². The maximum absolute atomic E-state index is 12.2. The van der Waals surface area contributed by atoms with Crippen molar-refractivity contribution < 1.29 is 4.79 Å². The molecular weight excluding hydrogens is 264 g/mol. The monoisotopic (exact) mass is 296 g/mol. The normalized spacial score (nSPS) is 23.5. The van der Waals surface area contributed by atoms with Crippen LogP contribution in [-0.4, -0.2) is 74.1 Å². The van der Waals surface area contributed by atoms with Crippen molar-refractivity contribution in [1.29, 1.82) is 0 Å². The fraction of sp³-hybridized carbons (Fsp3) is 0.938. The summed E-state index contributed by atoms with van der Waals surface area (Å²) in [5, 5.41) is 6.48. The van der Waals surface area contributed by atoms with Gasteiger partial charge in [0, 0.05) is 32.7 Å². The van der Waals surface area contributed by atoms with Crippen LogP contribution in [-0.2, 0) is 4.79 Å². The van der Waals surface area contributed by atoms with Crippen molar-refractivity contribution >= 4 is 5.91 Å². The number of likely N-dealkylation sites (tertiary alicyclic amines) is 1. The van der Waals surface area contributed by atoms with Gasteiger partial charge in [-0.15, -0.1) is 0 Å². The van der Waals surface area contributed by atoms with Crippen molar-refractivity contribution in [2.45, 2.75) is 45.1 Å². The van der Waals surface area contributed by atoms with Crippen LogP contribution in [0.15, 0.2) is 0 Å². The van der Waals surface area contributed by atoms with Gasteiger partial charge in [0.15, 0.2) is 0 Å². The Hall–Kier alpha value is -0.650. The Morgan fingerprint density at radius 2 is 1.76 bits per heavy atom. The molecule has 0 spiro atoms. The highest BCUT2D eigenvalue weighted by Crippen LogP contribution is 2.12. The summed E-state index contributed by atoms with van der Waals surface area (Å²) in [6.07, 6.45) is 6.16. The number of nitrogens with zero attached hydrogens (tertiary/aromatic N) is 2. The van der Waals surface area contributed by atoms with Crippen LogP contribution in [0.4, 0.5) is 0 Å². The molecule has 2 rings (SSSR count). The van der Waals surface area contributed by atoms with Crippen molar-refractivity contribution in [3.63, 3.8) is 0 Å². The molecule has 5 heteroatoms. The largest absolute Gasteiger partial charge is 0.355 e. The Labute approximate surface area is 129 Å². The average Bonchev–Trinajstić information content (AvgIpc) is 2.81. The second-order valence-electron chi connectivity index (χ2n) is 6.36. The van der Waals surface area contributed by atoms with E-state index in [-0.39, 0.29) is 11.9 Å². The van der Waals surface area contributed by atoms with Crippen LogP contribution in [0.5, 0.6) is 0 Å². The molecule has 0 saturated carbocycles. The standard InChI is InChI=1S/C16H32N4O/c1-15(20-11-4-2-3-5-12-20)16(21)18-7-6-10-19-13-8-17-9-14-19/h15,17H,2-14H2,1H3,(H,18,21). The molecule has 5 nitrogen and oxygen atoms in total. The molecule has 0 bridgehead atoms. The van der Waals surface area contributed by atoms with E-state index >= 15 is 0 Å². The molecule has 2 N–H and O–H groups in total. The van der Waals surface area contributed by atoms with Crippen molar-refractivity contribution in [1.82, 2.24) is 20.4 Å². The van der Waals surface area contributed by atoms with E-state index < -0.39 is 0 Å². The lowest BCUT2D eigenvalue weighted by atomic mass is 10.2. The molecule has 21 heavy (non-hydrogen) atoms. The molecular formula is C16H32N4O. The van der Waals surface area contributed by atoms with E-state index in [9.17, 15) is 4.79 Å². The Balaban J connectivity index is 1.59. The summed E-state index contributed by atoms with van der Waals surface area (Å²) in [6, 6.07) is 0.0299. The minimum Gasteiger partial charge on any atom is -0.355 e. The van der Waals surface area contributed by atoms with Crippen LogP contribution in [0.1, 0.15) is 39.0 Å². The molecule has 0 radical (unpaired) electrons. The van der Waals surface area contributed by atoms with E-state index in [1.54, 1.807) is 0 Å². The first-order valence-corrected chi connectivity index (χ1v) is 8.72. The van der Waals surface area contributed by atoms with Gasteiger partial charge in [-0.05, 0) is 45.8 Å². The molecule has 1 atom stereocenters. The lowest BCUT2D eigenvalue weighted by Gasteiger charge is -2.28. The number of amides is 1. The smallest absolute Gasteiger partial charge is 0.237 e. The van der Waals surface area contributed by atoms with Crippen LogP contribution in [0.2, 0.25) is 0 Å². The van der Waals surface area contributed by atoms with E-state index in [0.29, 0.717) is 0 Å². The number of carbonyl (C=O) groups excluding carboxylic acids is 1. The predicted octanol–water partition coefficient (Wildman–Crippen LogP) is 0.662. The molecule has 0 aliphatic carbocycles. The molecule has 0 aromatic rings. The first kappa shape index (κ1) is 16.7. The Kier molecular flexibility index (Phi) is 7.47. The number of hydrogen-bond donors (Lipinski definition) is 2. The van der Waals surface area contributed by atoms with Crippen molar-refractivity contribution in [3.05, 3.63) is 0 Å². The zero-order valence-electron chi connectivity index (χ0n) is 13.6. The van der Waals surface area contributed by atoms with Crippen molar-refractivity contribution in [2.75, 3.05) is 52.4 Å². The van der Waals surface area contributed by atoms with Crippen LogP contribution in [0.3, 0.4) is 0 Å². The molecule has 2 fully saturated rings. The first-order chi connectivity index (χ1) is 10.3. The number of hydrogen-bond acceptors (Lipinski definition) is 4. The fourth-order valence-corrected chi connectivity index (χ4v) is 3.24. The lowest BCUT2D eigenvalue weighted by molar-refractivity contribution is -0.125. The maximum Gasteiger partial charge on any atom is 0.237 e. The summed E-state index contributed by atoms with van der Waals surface area (Å²) in [4.78, 5) is 17.0. The second kappa shape index (κ2) is 9.38. The SMILES string of the molecule is CC(C(=O)NCCCN1CCNCC1)N1CCCCCC1. The van der Waals surface area contributed by atoms with Crippen LogP contribution in [0.25, 0.3) is 0 Å². The molecule has 2 aliphatic heterocycles. The van der Waals surface area contributed by atoms with Gasteiger partial charge in [-0.1, -0.05) is 12.8 Å². The molecule has 1 unspecified atom stereocenters. The topological polar surface area (TPSA) is 47.6 Å². The molecule has 0 aromatic carbocycles. The van der Waals surface area contributed by atoms with E-state index in [4.69, 9.17) is 0 Å². The molecule has 122 valence electrons. The fourth-order valence-electron chi connectivity index (χ4n) is 3.24. The summed E-state index contributed by atoms with van der Waals surface area (Å²) >= 11 is 0. The minimum atomic E-state index is 0.0299. The van der Waals surface area contributed by atoms with E-state index in [1.807, 2.05) is 0 Å². The molecule has 2 saturated heterocycles. The van der Waals surface area contributed by atoms with Gasteiger partial charge in [0.05, 0.1) is 6.04 Å². The summed E-state index contributed by atoms with van der Waals surface area (Å²) in [5.74, 6) is 0.206. The number of nitrogens with one attached hydrogen (secondary N) is 2. The summed E-state index contributed by atoms with van der Waals surface area (Å²) in [6.45, 7) is 10.6. The Morgan fingerprint density at radius 1 is 1.10 bits per heavy atom. The first-order valence-electron chi connectivity index (χ1n) is 8.72. The molecule has 2 aliphatic rings. The lowest BCUT2D eigenvalue weighted by Crippen LogP contribution is -2.47. The van der Waals surface area contributed by atoms with Gasteiger partial charge < -0.3 is 15.5 Å². The molecule has 2 heterocycles. The summed E-state index contributed by atoms with van der Waals surface area (Å²) in [5.41, 5.74) is 0. The van der Waals surface area contributed by atoms with Crippen molar-refractivity contribution in [3.8, 4) is 0 Å². The quantitative estimate of drug-likeness (QED) is 0.707. The number of rotatable bonds is 6. The van der Waals surface area contributed by atoms with Gasteiger partial charge in [-0.3, -0.25) is 9.69 Å². The second-order valence-corrected chi connectivity index (χ2v) is 6.36. The molecule has 1 amide bonds. The third kappa shape index (κ3) is 5.93. The van der Waals surface area contributed by atoms with E-state index in [0.717, 1.165) is 58.8 Å². The summed E-state index contributed by atoms with van der Waals surface area (Å²) in [7, 11) is 0. The van der Waals surface area contributed by atoms with Crippen LogP contribution in [0, 0.1) is 0 Å². The van der Waals surface area contributed by atoms with Gasteiger partial charge in [-0.25, -0.2) is 0 Å². The van der Waals surface area contributed by atoms with Crippen LogP contribution < -0.4 is 10.6 Å². The zero-order chi connectivity index (χ0) is 14.9. The number of carbonyl (C=O) groups is 1. The number of piperazine rings is 1. The highest BCUT2D eigenvalue weighted by molar-refractivity contribution is 5.81. The Morgan fingerprint density at radius 3 is 2.43 bits per heavy atom. The maximum atomic E-state index is 12.2. The van der Waals surface area contributed by atoms with Crippen LogP contribution >= 0.6 is 0 Å². The van der Waals surface area contributed by atoms with Gasteiger partial charge in [0.2, 0.25) is 5.91 Å². The Bertz CT molecular complexity index is 297. The predicted molar refractivity (Wildman–Crippen MR) is 86.4 cm³/mol. The average molecular weight is 296 g/mol. The van der Waals surface area contributed by atoms with Gasteiger partial charge >= 0.3 is 0 Å².